The number of aryl methyl sites for hydroxylation is 1. The van der Waals surface area contributed by atoms with Crippen LogP contribution in [0.4, 0.5) is 0 Å². The van der Waals surface area contributed by atoms with Crippen molar-refractivity contribution in [2.45, 2.75) is 19.2 Å². The maximum Gasteiger partial charge on any atom is 0.179 e. The van der Waals surface area contributed by atoms with Crippen molar-refractivity contribution < 1.29 is 0 Å². The molecule has 2 heterocycles. The van der Waals surface area contributed by atoms with Gasteiger partial charge in [0.1, 0.15) is 5.69 Å². The fraction of sp³-hybridized carbons (Fsp3) is 0.300. The van der Waals surface area contributed by atoms with E-state index in [1.165, 1.54) is 0 Å². The lowest BCUT2D eigenvalue weighted by molar-refractivity contribution is 0.965. The van der Waals surface area contributed by atoms with E-state index in [0.717, 1.165) is 23.4 Å². The van der Waals surface area contributed by atoms with Crippen molar-refractivity contribution in [3.05, 3.63) is 28.3 Å². The SMILES string of the molecule is CCc1nc(-c2cscn2)ncc1CCl. The molecule has 0 spiro atoms. The van der Waals surface area contributed by atoms with Crippen LogP contribution >= 0.6 is 22.9 Å². The standard InChI is InChI=1S/C10H10ClN3S/c1-2-8-7(3-11)4-12-10(14-8)9-5-15-6-13-9/h4-6H,2-3H2,1H3. The normalized spacial score (nSPS) is 10.5. The van der Waals surface area contributed by atoms with Gasteiger partial charge in [0.15, 0.2) is 5.82 Å². The Morgan fingerprint density at radius 1 is 1.40 bits per heavy atom. The highest BCUT2D eigenvalue weighted by molar-refractivity contribution is 7.07. The largest absolute Gasteiger partial charge is 0.241 e. The maximum absolute atomic E-state index is 5.79. The summed E-state index contributed by atoms with van der Waals surface area (Å²) in [6.45, 7) is 2.06. The smallest absolute Gasteiger partial charge is 0.179 e. The highest BCUT2D eigenvalue weighted by Gasteiger charge is 2.07. The molecule has 0 aromatic carbocycles. The molecule has 0 unspecified atom stereocenters. The Bertz CT molecular complexity index is 442. The maximum atomic E-state index is 5.79. The van der Waals surface area contributed by atoms with Gasteiger partial charge >= 0.3 is 0 Å². The molecule has 0 radical (unpaired) electrons. The predicted molar refractivity (Wildman–Crippen MR) is 62.1 cm³/mol. The Kier molecular flexibility index (Phi) is 3.28. The van der Waals surface area contributed by atoms with Gasteiger partial charge in [0.25, 0.3) is 0 Å². The number of alkyl halides is 1. The number of aromatic nitrogens is 3. The zero-order valence-electron chi connectivity index (χ0n) is 8.27. The summed E-state index contributed by atoms with van der Waals surface area (Å²) in [5, 5.41) is 1.94. The van der Waals surface area contributed by atoms with E-state index in [-0.39, 0.29) is 0 Å². The van der Waals surface area contributed by atoms with Crippen molar-refractivity contribution in [3.8, 4) is 11.5 Å². The summed E-state index contributed by atoms with van der Waals surface area (Å²) in [7, 11) is 0. The van der Waals surface area contributed by atoms with Crippen LogP contribution in [0.2, 0.25) is 0 Å². The van der Waals surface area contributed by atoms with Crippen molar-refractivity contribution in [3.63, 3.8) is 0 Å². The topological polar surface area (TPSA) is 38.7 Å². The van der Waals surface area contributed by atoms with Crippen molar-refractivity contribution in [2.24, 2.45) is 0 Å². The third kappa shape index (κ3) is 2.16. The van der Waals surface area contributed by atoms with Gasteiger partial charge in [-0.3, -0.25) is 0 Å². The lowest BCUT2D eigenvalue weighted by Gasteiger charge is -2.04. The zero-order valence-corrected chi connectivity index (χ0v) is 9.85. The molecule has 0 saturated heterocycles. The van der Waals surface area contributed by atoms with Gasteiger partial charge in [-0.15, -0.1) is 22.9 Å². The molecular formula is C10H10ClN3S. The summed E-state index contributed by atoms with van der Waals surface area (Å²) >= 11 is 7.34. The van der Waals surface area contributed by atoms with Gasteiger partial charge in [0.2, 0.25) is 0 Å². The quantitative estimate of drug-likeness (QED) is 0.773. The van der Waals surface area contributed by atoms with E-state index in [4.69, 9.17) is 11.6 Å². The Morgan fingerprint density at radius 3 is 2.87 bits per heavy atom. The van der Waals surface area contributed by atoms with Gasteiger partial charge in [-0.2, -0.15) is 0 Å². The fourth-order valence-corrected chi connectivity index (χ4v) is 2.06. The highest BCUT2D eigenvalue weighted by Crippen LogP contribution is 2.17. The third-order valence-corrected chi connectivity index (χ3v) is 2.97. The minimum atomic E-state index is 0.459. The predicted octanol–water partition coefficient (Wildman–Crippen LogP) is 2.90. The second-order valence-electron chi connectivity index (χ2n) is 3.03. The lowest BCUT2D eigenvalue weighted by Crippen LogP contribution is -1.99. The van der Waals surface area contributed by atoms with Crippen LogP contribution in [0.5, 0.6) is 0 Å². The van der Waals surface area contributed by atoms with Crippen LogP contribution in [0.15, 0.2) is 17.1 Å². The molecule has 0 N–H and O–H groups in total. The van der Waals surface area contributed by atoms with Crippen LogP contribution in [0.1, 0.15) is 18.2 Å². The second kappa shape index (κ2) is 4.68. The molecule has 0 atom stereocenters. The number of thiazole rings is 1. The van der Waals surface area contributed by atoms with Crippen molar-refractivity contribution >= 4 is 22.9 Å². The summed E-state index contributed by atoms with van der Waals surface area (Å²) in [6, 6.07) is 0. The molecule has 78 valence electrons. The van der Waals surface area contributed by atoms with E-state index >= 15 is 0 Å². The van der Waals surface area contributed by atoms with Gasteiger partial charge in [-0.1, -0.05) is 6.92 Å². The average molecular weight is 240 g/mol. The Labute approximate surface area is 97.2 Å². The van der Waals surface area contributed by atoms with E-state index in [1.54, 1.807) is 23.0 Å². The van der Waals surface area contributed by atoms with Crippen LogP contribution in [-0.4, -0.2) is 15.0 Å². The van der Waals surface area contributed by atoms with E-state index in [2.05, 4.69) is 21.9 Å². The van der Waals surface area contributed by atoms with Gasteiger partial charge in [0, 0.05) is 22.8 Å². The van der Waals surface area contributed by atoms with Gasteiger partial charge in [-0.25, -0.2) is 15.0 Å². The van der Waals surface area contributed by atoms with Crippen LogP contribution in [0.3, 0.4) is 0 Å². The molecule has 0 bridgehead atoms. The van der Waals surface area contributed by atoms with Crippen LogP contribution < -0.4 is 0 Å². The lowest BCUT2D eigenvalue weighted by atomic mass is 10.2. The Morgan fingerprint density at radius 2 is 2.27 bits per heavy atom. The first-order valence-corrected chi connectivity index (χ1v) is 6.12. The van der Waals surface area contributed by atoms with Gasteiger partial charge in [-0.05, 0) is 6.42 Å². The summed E-state index contributed by atoms with van der Waals surface area (Å²) in [5.41, 5.74) is 4.61. The number of hydrogen-bond donors (Lipinski definition) is 0. The minimum absolute atomic E-state index is 0.459. The monoisotopic (exact) mass is 239 g/mol. The Balaban J connectivity index is 2.43. The van der Waals surface area contributed by atoms with E-state index in [9.17, 15) is 0 Å². The second-order valence-corrected chi connectivity index (χ2v) is 4.01. The summed E-state index contributed by atoms with van der Waals surface area (Å²) in [5.74, 6) is 1.14. The van der Waals surface area contributed by atoms with Gasteiger partial charge in [0.05, 0.1) is 11.4 Å². The van der Waals surface area contributed by atoms with Crippen molar-refractivity contribution in [2.75, 3.05) is 0 Å². The van der Waals surface area contributed by atoms with Crippen molar-refractivity contribution in [1.82, 2.24) is 15.0 Å². The molecule has 2 rings (SSSR count). The first-order chi connectivity index (χ1) is 7.35. The summed E-state index contributed by atoms with van der Waals surface area (Å²) < 4.78 is 0. The number of halogens is 1. The van der Waals surface area contributed by atoms with Crippen LogP contribution in [-0.2, 0) is 12.3 Å². The molecule has 2 aromatic rings. The average Bonchev–Trinajstić information content (AvgIpc) is 2.81. The number of hydrogen-bond acceptors (Lipinski definition) is 4. The molecular weight excluding hydrogens is 230 g/mol. The van der Waals surface area contributed by atoms with Crippen molar-refractivity contribution in [1.29, 1.82) is 0 Å². The van der Waals surface area contributed by atoms with E-state index in [1.807, 2.05) is 5.38 Å². The summed E-state index contributed by atoms with van der Waals surface area (Å²) in [4.78, 5) is 12.9. The molecule has 0 saturated carbocycles. The molecule has 3 nitrogen and oxygen atoms in total. The molecule has 0 fully saturated rings. The third-order valence-electron chi connectivity index (χ3n) is 2.09. The molecule has 0 aliphatic heterocycles. The van der Waals surface area contributed by atoms with E-state index in [0.29, 0.717) is 11.7 Å². The first kappa shape index (κ1) is 10.5. The molecule has 0 aliphatic rings. The fourth-order valence-electron chi connectivity index (χ4n) is 1.31. The van der Waals surface area contributed by atoms with Crippen LogP contribution in [0, 0.1) is 0 Å². The Hall–Kier alpha value is -1.00. The minimum Gasteiger partial charge on any atom is -0.241 e. The summed E-state index contributed by atoms with van der Waals surface area (Å²) in [6.07, 6.45) is 2.65. The van der Waals surface area contributed by atoms with Crippen LogP contribution in [0.25, 0.3) is 11.5 Å². The number of rotatable bonds is 3. The molecule has 0 aliphatic carbocycles. The van der Waals surface area contributed by atoms with E-state index < -0.39 is 0 Å². The zero-order chi connectivity index (χ0) is 10.7. The molecule has 5 heteroatoms. The first-order valence-electron chi connectivity index (χ1n) is 4.64. The number of nitrogens with zero attached hydrogens (tertiary/aromatic N) is 3. The highest BCUT2D eigenvalue weighted by atomic mass is 35.5. The van der Waals surface area contributed by atoms with Gasteiger partial charge < -0.3 is 0 Å². The molecule has 0 amide bonds. The molecule has 15 heavy (non-hydrogen) atoms. The molecule has 2 aromatic heterocycles.